The molecule has 3 amide bonds. The third kappa shape index (κ3) is 5.20. The van der Waals surface area contributed by atoms with Crippen molar-refractivity contribution in [2.45, 2.75) is 18.9 Å². The summed E-state index contributed by atoms with van der Waals surface area (Å²) < 4.78 is 5.58. The fourth-order valence-corrected chi connectivity index (χ4v) is 2.39. The average molecular weight is 363 g/mol. The topological polar surface area (TPSA) is 125 Å². The van der Waals surface area contributed by atoms with Gasteiger partial charge in [-0.1, -0.05) is 12.1 Å². The molecule has 0 aromatic heterocycles. The van der Waals surface area contributed by atoms with Crippen LogP contribution in [0.15, 0.2) is 24.3 Å². The molecule has 0 fully saturated rings. The highest BCUT2D eigenvalue weighted by atomic mass is 16.5. The molecule has 1 aromatic carbocycles. The lowest BCUT2D eigenvalue weighted by Gasteiger charge is -2.18. The number of carboxylic acid groups (broad SMARTS) is 1. The van der Waals surface area contributed by atoms with Crippen molar-refractivity contribution in [1.29, 1.82) is 0 Å². The molecule has 0 spiro atoms. The van der Waals surface area contributed by atoms with Crippen LogP contribution in [0.5, 0.6) is 5.75 Å². The van der Waals surface area contributed by atoms with Crippen molar-refractivity contribution in [3.8, 4) is 5.75 Å². The van der Waals surface area contributed by atoms with Gasteiger partial charge in [-0.05, 0) is 12.1 Å². The number of nitrogens with zero attached hydrogens (tertiary/aromatic N) is 1. The van der Waals surface area contributed by atoms with Crippen molar-refractivity contribution in [3.63, 3.8) is 0 Å². The second-order valence-corrected chi connectivity index (χ2v) is 5.83. The molecule has 0 saturated carbocycles. The number of likely N-dealkylation sites (N-methyl/N-ethyl adjacent to an activating group) is 1. The Hall–Kier alpha value is -3.10. The zero-order valence-corrected chi connectivity index (χ0v) is 14.4. The number of para-hydroxylation sites is 1. The number of benzene rings is 1. The van der Waals surface area contributed by atoms with E-state index in [1.54, 1.807) is 25.2 Å². The van der Waals surface area contributed by atoms with Crippen LogP contribution in [0.3, 0.4) is 0 Å². The summed E-state index contributed by atoms with van der Waals surface area (Å²) in [5.74, 6) is -2.45. The number of amides is 3. The van der Waals surface area contributed by atoms with Gasteiger partial charge in [0.25, 0.3) is 5.91 Å². The molecule has 9 nitrogen and oxygen atoms in total. The van der Waals surface area contributed by atoms with E-state index in [9.17, 15) is 24.3 Å². The number of aliphatic carboxylic acids is 1. The molecule has 1 aromatic rings. The fraction of sp³-hybridized carbons (Fsp3) is 0.412. The molecule has 1 aliphatic heterocycles. The van der Waals surface area contributed by atoms with Crippen LogP contribution in [-0.2, 0) is 14.4 Å². The van der Waals surface area contributed by atoms with Gasteiger partial charge in [0.05, 0.1) is 18.5 Å². The van der Waals surface area contributed by atoms with Crippen LogP contribution < -0.4 is 15.4 Å². The number of nitrogens with one attached hydrogen (secondary N) is 2. The molecule has 0 unspecified atom stereocenters. The van der Waals surface area contributed by atoms with Crippen molar-refractivity contribution >= 4 is 23.7 Å². The lowest BCUT2D eigenvalue weighted by molar-refractivity contribution is -0.141. The molecule has 26 heavy (non-hydrogen) atoms. The van der Waals surface area contributed by atoms with Crippen molar-refractivity contribution in [2.24, 2.45) is 0 Å². The number of ether oxygens (including phenoxy) is 1. The molecule has 1 aliphatic rings. The highest BCUT2D eigenvalue weighted by Crippen LogP contribution is 2.18. The number of hydrogen-bond acceptors (Lipinski definition) is 5. The standard InChI is InChI=1S/C17H21N3O6/c1-20-8-9-26-13-5-3-2-4-11(13)16(23)19-12(17(24)25)10-14(21)18-7-6-15(20)22/h2-5,12H,6-10H2,1H3,(H,18,21)(H,19,23)(H,24,25)/t12-/m0/s1. The van der Waals surface area contributed by atoms with Gasteiger partial charge in [0.2, 0.25) is 11.8 Å². The average Bonchev–Trinajstić information content (AvgIpc) is 2.60. The molecule has 9 heteroatoms. The summed E-state index contributed by atoms with van der Waals surface area (Å²) >= 11 is 0. The Bertz CT molecular complexity index is 705. The molecular formula is C17H21N3O6. The first-order chi connectivity index (χ1) is 12.4. The van der Waals surface area contributed by atoms with Gasteiger partial charge in [0.15, 0.2) is 0 Å². The maximum Gasteiger partial charge on any atom is 0.326 e. The first kappa shape index (κ1) is 19.2. The van der Waals surface area contributed by atoms with E-state index in [-0.39, 0.29) is 36.8 Å². The predicted octanol–water partition coefficient (Wildman–Crippen LogP) is -0.383. The highest BCUT2D eigenvalue weighted by Gasteiger charge is 2.25. The lowest BCUT2D eigenvalue weighted by Crippen LogP contribution is -2.44. The van der Waals surface area contributed by atoms with E-state index < -0.39 is 30.2 Å². The van der Waals surface area contributed by atoms with Crippen LogP contribution in [0.25, 0.3) is 0 Å². The minimum Gasteiger partial charge on any atom is -0.491 e. The Labute approximate surface area is 150 Å². The SMILES string of the molecule is CN1CCOc2ccccc2C(=O)N[C@H](C(=O)O)CC(=O)NCCC1=O. The smallest absolute Gasteiger partial charge is 0.326 e. The van der Waals surface area contributed by atoms with E-state index >= 15 is 0 Å². The van der Waals surface area contributed by atoms with Crippen molar-refractivity contribution in [3.05, 3.63) is 29.8 Å². The number of hydrogen-bond donors (Lipinski definition) is 3. The van der Waals surface area contributed by atoms with Gasteiger partial charge < -0.3 is 25.4 Å². The Balaban J connectivity index is 2.25. The Morgan fingerprint density at radius 1 is 1.27 bits per heavy atom. The van der Waals surface area contributed by atoms with E-state index in [1.165, 1.54) is 11.0 Å². The summed E-state index contributed by atoms with van der Waals surface area (Å²) in [6.45, 7) is 0.561. The quantitative estimate of drug-likeness (QED) is 0.624. The number of fused-ring (bicyclic) bond motifs is 1. The van der Waals surface area contributed by atoms with Crippen LogP contribution in [0.2, 0.25) is 0 Å². The summed E-state index contributed by atoms with van der Waals surface area (Å²) in [5.41, 5.74) is 0.156. The second-order valence-electron chi connectivity index (χ2n) is 5.83. The van der Waals surface area contributed by atoms with Crippen molar-refractivity contribution < 1.29 is 29.0 Å². The molecule has 1 atom stereocenters. The molecule has 0 aliphatic carbocycles. The summed E-state index contributed by atoms with van der Waals surface area (Å²) in [4.78, 5) is 49.1. The zero-order chi connectivity index (χ0) is 19.1. The molecule has 1 heterocycles. The van der Waals surface area contributed by atoms with Gasteiger partial charge in [-0.25, -0.2) is 4.79 Å². The first-order valence-electron chi connectivity index (χ1n) is 8.14. The summed E-state index contributed by atoms with van der Waals surface area (Å²) in [7, 11) is 1.62. The van der Waals surface area contributed by atoms with Gasteiger partial charge in [-0.2, -0.15) is 0 Å². The number of carbonyl (C=O) groups is 4. The normalized spacial score (nSPS) is 20.0. The number of carbonyl (C=O) groups excluding carboxylic acids is 3. The molecule has 140 valence electrons. The van der Waals surface area contributed by atoms with Gasteiger partial charge in [-0.15, -0.1) is 0 Å². The minimum absolute atomic E-state index is 0.0862. The molecule has 3 N–H and O–H groups in total. The van der Waals surface area contributed by atoms with E-state index in [0.717, 1.165) is 0 Å². The van der Waals surface area contributed by atoms with E-state index in [2.05, 4.69) is 10.6 Å². The largest absolute Gasteiger partial charge is 0.491 e. The Morgan fingerprint density at radius 2 is 2.00 bits per heavy atom. The van der Waals surface area contributed by atoms with E-state index in [4.69, 9.17) is 4.74 Å². The first-order valence-corrected chi connectivity index (χ1v) is 8.14. The van der Waals surface area contributed by atoms with E-state index in [1.807, 2.05) is 0 Å². The monoisotopic (exact) mass is 363 g/mol. The fourth-order valence-electron chi connectivity index (χ4n) is 2.39. The molecule has 0 saturated heterocycles. The van der Waals surface area contributed by atoms with Gasteiger partial charge >= 0.3 is 5.97 Å². The third-order valence-electron chi connectivity index (χ3n) is 3.90. The van der Waals surface area contributed by atoms with Gasteiger partial charge in [0, 0.05) is 20.0 Å². The van der Waals surface area contributed by atoms with Gasteiger partial charge in [0.1, 0.15) is 18.4 Å². The van der Waals surface area contributed by atoms with Crippen molar-refractivity contribution in [2.75, 3.05) is 26.7 Å². The van der Waals surface area contributed by atoms with Crippen LogP contribution in [0, 0.1) is 0 Å². The summed E-state index contributed by atoms with van der Waals surface area (Å²) in [6, 6.07) is 4.98. The van der Waals surface area contributed by atoms with Crippen LogP contribution in [0.1, 0.15) is 23.2 Å². The summed E-state index contributed by atoms with van der Waals surface area (Å²) in [5, 5.41) is 14.1. The lowest BCUT2D eigenvalue weighted by atomic mass is 10.1. The molecule has 0 radical (unpaired) electrons. The maximum atomic E-state index is 12.4. The van der Waals surface area contributed by atoms with Crippen LogP contribution >= 0.6 is 0 Å². The zero-order valence-electron chi connectivity index (χ0n) is 14.4. The number of carboxylic acids is 1. The maximum absolute atomic E-state index is 12.4. The van der Waals surface area contributed by atoms with Crippen LogP contribution in [-0.4, -0.2) is 66.5 Å². The molecule has 2 rings (SSSR count). The van der Waals surface area contributed by atoms with Crippen molar-refractivity contribution in [1.82, 2.24) is 15.5 Å². The van der Waals surface area contributed by atoms with E-state index in [0.29, 0.717) is 6.54 Å². The highest BCUT2D eigenvalue weighted by molar-refractivity contribution is 5.99. The molecule has 0 bridgehead atoms. The van der Waals surface area contributed by atoms with Crippen LogP contribution in [0.4, 0.5) is 0 Å². The Kier molecular flexibility index (Phi) is 6.54. The third-order valence-corrected chi connectivity index (χ3v) is 3.90. The summed E-state index contributed by atoms with van der Waals surface area (Å²) in [6.07, 6.45) is -0.350. The second kappa shape index (κ2) is 8.84. The minimum atomic E-state index is -1.39. The predicted molar refractivity (Wildman–Crippen MR) is 90.7 cm³/mol. The van der Waals surface area contributed by atoms with Gasteiger partial charge in [-0.3, -0.25) is 14.4 Å². The number of rotatable bonds is 1. The Morgan fingerprint density at radius 3 is 2.73 bits per heavy atom. The molecular weight excluding hydrogens is 342 g/mol.